The molecule has 0 amide bonds. The van der Waals surface area contributed by atoms with E-state index in [0.29, 0.717) is 27.8 Å². The molecule has 0 spiro atoms. The first kappa shape index (κ1) is 29.5. The first-order valence-corrected chi connectivity index (χ1v) is 15.5. The molecule has 1 N–H and O–H groups in total. The molecule has 1 aliphatic heterocycles. The zero-order valence-corrected chi connectivity index (χ0v) is 25.5. The van der Waals surface area contributed by atoms with Crippen LogP contribution in [-0.2, 0) is 13.7 Å². The number of carboxylic acids is 1. The second-order valence-corrected chi connectivity index (χ2v) is 12.6. The van der Waals surface area contributed by atoms with E-state index in [1.54, 1.807) is 24.4 Å². The van der Waals surface area contributed by atoms with Gasteiger partial charge in [-0.15, -0.1) is 13.2 Å². The lowest BCUT2D eigenvalue weighted by atomic mass is 9.90. The van der Waals surface area contributed by atoms with Gasteiger partial charge in [-0.25, -0.2) is 4.79 Å². The number of para-hydroxylation sites is 1. The number of hydrogen-bond donors (Lipinski definition) is 1. The van der Waals surface area contributed by atoms with Gasteiger partial charge in [0, 0.05) is 69.9 Å². The summed E-state index contributed by atoms with van der Waals surface area (Å²) in [6, 6.07) is 17.5. The summed E-state index contributed by atoms with van der Waals surface area (Å²) in [6.45, 7) is 1.59. The average Bonchev–Trinajstić information content (AvgIpc) is 3.64. The Morgan fingerprint density at radius 2 is 1.87 bits per heavy atom. The van der Waals surface area contributed by atoms with Gasteiger partial charge in [0.05, 0.1) is 11.3 Å². The average molecular weight is 654 g/mol. The minimum atomic E-state index is -4.82. The largest absolute Gasteiger partial charge is 0.573 e. The SMILES string of the molecule is Cn1cc(C(=O)O)c2cc(N3CC(c4ccc(OCc5c(-c6ccccc6OC(F)(F)F)nsc5C5CC5)cc4Cl)C3)ccc21. The van der Waals surface area contributed by atoms with Crippen LogP contribution in [0.25, 0.3) is 22.2 Å². The van der Waals surface area contributed by atoms with Crippen LogP contribution >= 0.6 is 23.1 Å². The molecule has 0 radical (unpaired) electrons. The highest BCUT2D eigenvalue weighted by molar-refractivity contribution is 7.06. The number of anilines is 1. The van der Waals surface area contributed by atoms with Gasteiger partial charge in [0.1, 0.15) is 18.1 Å². The molecule has 232 valence electrons. The third kappa shape index (κ3) is 5.82. The van der Waals surface area contributed by atoms with Crippen LogP contribution in [0.5, 0.6) is 11.5 Å². The van der Waals surface area contributed by atoms with Crippen LogP contribution in [0.15, 0.2) is 66.9 Å². The number of rotatable bonds is 9. The van der Waals surface area contributed by atoms with Gasteiger partial charge in [0.25, 0.3) is 0 Å². The van der Waals surface area contributed by atoms with E-state index in [9.17, 15) is 23.1 Å². The van der Waals surface area contributed by atoms with E-state index >= 15 is 0 Å². The topological polar surface area (TPSA) is 76.8 Å². The van der Waals surface area contributed by atoms with Crippen LogP contribution in [0.3, 0.4) is 0 Å². The number of aromatic carboxylic acids is 1. The van der Waals surface area contributed by atoms with E-state index in [1.165, 1.54) is 23.7 Å². The molecular formula is C33H27ClF3N3O4S. The fourth-order valence-electron chi connectivity index (χ4n) is 5.93. The Bertz CT molecular complexity index is 1930. The predicted molar refractivity (Wildman–Crippen MR) is 167 cm³/mol. The standard InChI is InChI=1S/C33H27ClF3N3O4S/c1-39-16-25(32(41)42)24-12-20(8-11-28(24)39)40-14-19(15-40)22-10-9-21(13-27(22)34)43-17-26-30(38-45-31(26)18-6-7-18)23-4-2-3-5-29(23)44-33(35,36)37/h2-5,8-13,16,18-19H,6-7,14-15,17H2,1H3,(H,41,42). The minimum absolute atomic E-state index is 0.130. The highest BCUT2D eigenvalue weighted by atomic mass is 35.5. The molecule has 2 aliphatic rings. The molecule has 7 nitrogen and oxygen atoms in total. The lowest BCUT2D eigenvalue weighted by Gasteiger charge is -2.41. The molecular weight excluding hydrogens is 627 g/mol. The molecule has 2 aromatic heterocycles. The third-order valence-electron chi connectivity index (χ3n) is 8.38. The number of hydrogen-bond acceptors (Lipinski definition) is 6. The number of nitrogens with zero attached hydrogens (tertiary/aromatic N) is 3. The maximum absolute atomic E-state index is 13.1. The summed E-state index contributed by atoms with van der Waals surface area (Å²) in [5, 5.41) is 10.9. The van der Waals surface area contributed by atoms with E-state index in [2.05, 4.69) is 14.0 Å². The van der Waals surface area contributed by atoms with E-state index in [0.717, 1.165) is 53.1 Å². The zero-order valence-electron chi connectivity index (χ0n) is 24.0. The Morgan fingerprint density at radius 1 is 1.09 bits per heavy atom. The number of ether oxygens (including phenoxy) is 2. The number of fused-ring (bicyclic) bond motifs is 1. The van der Waals surface area contributed by atoms with Gasteiger partial charge in [-0.1, -0.05) is 29.8 Å². The molecule has 2 fully saturated rings. The lowest BCUT2D eigenvalue weighted by Crippen LogP contribution is -2.45. The van der Waals surface area contributed by atoms with Crippen molar-refractivity contribution in [1.82, 2.24) is 8.94 Å². The summed E-state index contributed by atoms with van der Waals surface area (Å²) in [6.07, 6.45) is -1.18. The normalized spacial score (nSPS) is 15.4. The van der Waals surface area contributed by atoms with Gasteiger partial charge in [0.15, 0.2) is 0 Å². The van der Waals surface area contributed by atoms with Crippen LogP contribution in [0.1, 0.15) is 51.0 Å². The van der Waals surface area contributed by atoms with Gasteiger partial charge in [-0.05, 0) is 78.3 Å². The molecule has 3 heterocycles. The summed E-state index contributed by atoms with van der Waals surface area (Å²) >= 11 is 8.03. The Hall–Kier alpha value is -4.22. The number of carbonyl (C=O) groups is 1. The fraction of sp³-hybridized carbons (Fsp3) is 0.273. The van der Waals surface area contributed by atoms with Gasteiger partial charge < -0.3 is 24.0 Å². The van der Waals surface area contributed by atoms with Crippen molar-refractivity contribution in [2.75, 3.05) is 18.0 Å². The Morgan fingerprint density at radius 3 is 2.58 bits per heavy atom. The van der Waals surface area contributed by atoms with E-state index in [1.807, 2.05) is 41.9 Å². The Labute approximate surface area is 265 Å². The maximum Gasteiger partial charge on any atom is 0.573 e. The van der Waals surface area contributed by atoms with Gasteiger partial charge in [-0.2, -0.15) is 4.37 Å². The maximum atomic E-state index is 13.1. The number of alkyl halides is 3. The van der Waals surface area contributed by atoms with Gasteiger partial charge in [-0.3, -0.25) is 0 Å². The van der Waals surface area contributed by atoms with E-state index in [4.69, 9.17) is 16.3 Å². The Kier molecular flexibility index (Phi) is 7.40. The summed E-state index contributed by atoms with van der Waals surface area (Å²) < 4.78 is 56.2. The van der Waals surface area contributed by atoms with Crippen molar-refractivity contribution in [3.05, 3.63) is 93.5 Å². The molecule has 3 aromatic carbocycles. The van der Waals surface area contributed by atoms with Crippen LogP contribution in [0.2, 0.25) is 5.02 Å². The first-order chi connectivity index (χ1) is 21.6. The number of halogens is 4. The zero-order chi connectivity index (χ0) is 31.5. The molecule has 5 aromatic rings. The quantitative estimate of drug-likeness (QED) is 0.172. The van der Waals surface area contributed by atoms with Crippen molar-refractivity contribution < 1.29 is 32.5 Å². The van der Waals surface area contributed by atoms with Crippen molar-refractivity contribution in [2.45, 2.75) is 37.6 Å². The smallest absolute Gasteiger partial charge is 0.489 e. The molecule has 0 atom stereocenters. The summed E-state index contributed by atoms with van der Waals surface area (Å²) in [4.78, 5) is 14.9. The van der Waals surface area contributed by atoms with E-state index in [-0.39, 0.29) is 29.4 Å². The number of aryl methyl sites for hydroxylation is 1. The number of aromatic nitrogens is 2. The van der Waals surface area contributed by atoms with Crippen LogP contribution in [0.4, 0.5) is 18.9 Å². The second-order valence-electron chi connectivity index (χ2n) is 11.4. The summed E-state index contributed by atoms with van der Waals surface area (Å²) in [7, 11) is 1.83. The fourth-order valence-corrected chi connectivity index (χ4v) is 7.31. The molecule has 1 saturated heterocycles. The van der Waals surface area contributed by atoms with Crippen molar-refractivity contribution in [2.24, 2.45) is 7.05 Å². The number of carboxylic acid groups (broad SMARTS) is 1. The van der Waals surface area contributed by atoms with Gasteiger partial charge in [0.2, 0.25) is 0 Å². The molecule has 0 unspecified atom stereocenters. The lowest BCUT2D eigenvalue weighted by molar-refractivity contribution is -0.274. The molecule has 1 saturated carbocycles. The summed E-state index contributed by atoms with van der Waals surface area (Å²) in [5.41, 5.74) is 4.54. The van der Waals surface area contributed by atoms with Crippen LogP contribution in [-0.4, -0.2) is 39.5 Å². The van der Waals surface area contributed by atoms with Crippen molar-refractivity contribution in [1.29, 1.82) is 0 Å². The van der Waals surface area contributed by atoms with Crippen LogP contribution in [0, 0.1) is 0 Å². The predicted octanol–water partition coefficient (Wildman–Crippen LogP) is 8.61. The highest BCUT2D eigenvalue weighted by Crippen LogP contribution is 2.48. The molecule has 0 bridgehead atoms. The summed E-state index contributed by atoms with van der Waals surface area (Å²) in [5.74, 6) is -0.183. The van der Waals surface area contributed by atoms with Crippen molar-refractivity contribution in [3.63, 3.8) is 0 Å². The highest BCUT2D eigenvalue weighted by Gasteiger charge is 2.35. The van der Waals surface area contributed by atoms with E-state index < -0.39 is 12.3 Å². The first-order valence-electron chi connectivity index (χ1n) is 14.4. The minimum Gasteiger partial charge on any atom is -0.489 e. The molecule has 7 rings (SSSR count). The molecule has 12 heteroatoms. The van der Waals surface area contributed by atoms with Crippen molar-refractivity contribution >= 4 is 45.7 Å². The van der Waals surface area contributed by atoms with Gasteiger partial charge >= 0.3 is 12.3 Å². The number of benzene rings is 3. The Balaban J connectivity index is 1.06. The molecule has 45 heavy (non-hydrogen) atoms. The molecule has 1 aliphatic carbocycles. The second kappa shape index (κ2) is 11.3. The third-order valence-corrected chi connectivity index (χ3v) is 9.76. The monoisotopic (exact) mass is 653 g/mol. The van der Waals surface area contributed by atoms with Crippen LogP contribution < -0.4 is 14.4 Å². The van der Waals surface area contributed by atoms with Crippen molar-refractivity contribution in [3.8, 4) is 22.8 Å².